The fraction of sp³-hybridized carbons (Fsp3) is 0.471. The van der Waals surface area contributed by atoms with E-state index in [1.807, 2.05) is 84.1 Å². The average molecular weight is 601 g/mol. The van der Waals surface area contributed by atoms with Gasteiger partial charge in [-0.05, 0) is 81.4 Å². The number of fused-ring (bicyclic) bond motifs is 6. The number of aromatic amines is 1. The predicted octanol–water partition coefficient (Wildman–Crippen LogP) is 2.02. The lowest BCUT2D eigenvalue weighted by Crippen LogP contribution is -2.64. The molecule has 0 radical (unpaired) electrons. The fourth-order valence-corrected chi connectivity index (χ4v) is 7.83. The fourth-order valence-electron chi connectivity index (χ4n) is 7.83. The largest absolute Gasteiger partial charge is 0.499 e. The van der Waals surface area contributed by atoms with Gasteiger partial charge in [0.2, 0.25) is 11.8 Å². The van der Waals surface area contributed by atoms with Gasteiger partial charge in [-0.2, -0.15) is 0 Å². The van der Waals surface area contributed by atoms with Crippen molar-refractivity contribution in [3.05, 3.63) is 69.2 Å². The van der Waals surface area contributed by atoms with Crippen LogP contribution >= 0.6 is 0 Å². The third kappa shape index (κ3) is 4.54. The summed E-state index contributed by atoms with van der Waals surface area (Å²) in [7, 11) is 6.55. The van der Waals surface area contributed by atoms with Crippen molar-refractivity contribution < 1.29 is 19.1 Å². The second-order valence-electron chi connectivity index (χ2n) is 12.3. The molecule has 4 aliphatic heterocycles. The van der Waals surface area contributed by atoms with Crippen molar-refractivity contribution in [2.45, 2.75) is 58.3 Å². The first-order valence-electron chi connectivity index (χ1n) is 15.0. The number of H-pyrrole nitrogens is 1. The van der Waals surface area contributed by atoms with E-state index in [0.29, 0.717) is 11.5 Å². The second-order valence-corrected chi connectivity index (χ2v) is 12.3. The summed E-state index contributed by atoms with van der Waals surface area (Å²) < 4.78 is 12.6. The molecule has 6 unspecified atom stereocenters. The van der Waals surface area contributed by atoms with Gasteiger partial charge in [0.05, 0.1) is 41.6 Å². The predicted molar refractivity (Wildman–Crippen MR) is 173 cm³/mol. The number of aliphatic imine (C=N–C) groups is 2. The molecule has 0 fully saturated rings. The van der Waals surface area contributed by atoms with Gasteiger partial charge in [-0.25, -0.2) is 4.99 Å². The molecule has 44 heavy (non-hydrogen) atoms. The quantitative estimate of drug-likeness (QED) is 0.397. The number of aromatic nitrogens is 1. The van der Waals surface area contributed by atoms with Crippen LogP contribution in [0.2, 0.25) is 0 Å². The number of nitrogens with zero attached hydrogens (tertiary/aromatic N) is 2. The van der Waals surface area contributed by atoms with Crippen molar-refractivity contribution in [1.29, 1.82) is 0 Å². The first-order chi connectivity index (χ1) is 20.8. The Morgan fingerprint density at radius 2 is 1.68 bits per heavy atom. The summed E-state index contributed by atoms with van der Waals surface area (Å²) >= 11 is 0. The summed E-state index contributed by atoms with van der Waals surface area (Å²) in [6.45, 7) is 11.8. The van der Waals surface area contributed by atoms with Crippen molar-refractivity contribution in [3.8, 4) is 0 Å². The van der Waals surface area contributed by atoms with Crippen molar-refractivity contribution in [2.24, 2.45) is 27.7 Å². The van der Waals surface area contributed by atoms with Crippen molar-refractivity contribution in [2.75, 3.05) is 28.3 Å². The van der Waals surface area contributed by atoms with Crippen LogP contribution in [0.4, 0.5) is 0 Å². The summed E-state index contributed by atoms with van der Waals surface area (Å²) in [6, 6.07) is 3.98. The minimum absolute atomic E-state index is 0.161. The molecule has 0 saturated carbocycles. The summed E-state index contributed by atoms with van der Waals surface area (Å²) in [6.07, 6.45) is 9.96. The van der Waals surface area contributed by atoms with Gasteiger partial charge < -0.3 is 25.1 Å². The first-order valence-corrected chi connectivity index (χ1v) is 15.0. The number of hydrogen-bond acceptors (Lipinski definition) is 7. The molecular weight excluding hydrogens is 556 g/mol. The Morgan fingerprint density at radius 1 is 1.02 bits per heavy atom. The van der Waals surface area contributed by atoms with Gasteiger partial charge in [-0.15, -0.1) is 0 Å². The van der Waals surface area contributed by atoms with E-state index in [2.05, 4.69) is 20.9 Å². The van der Waals surface area contributed by atoms with E-state index in [0.717, 1.165) is 38.8 Å². The Balaban J connectivity index is 1.92. The molecule has 2 amide bonds. The lowest BCUT2D eigenvalue weighted by Gasteiger charge is -2.49. The molecule has 8 bridgehead atoms. The summed E-state index contributed by atoms with van der Waals surface area (Å²) in [5.41, 5.74) is 1.58. The highest BCUT2D eigenvalue weighted by atomic mass is 16.5. The SMILES string of the molecule is CNC(=O)C(C)C1=C(C)C2=NC1(C(C)C(=O)NC)C(C)C1(OC)NC(C)(/C=C3/C=CC(=N3)/C=c3/cc/c([nH]3)=C/2)C(OC)=C1C. The molecule has 4 aliphatic rings. The van der Waals surface area contributed by atoms with Crippen molar-refractivity contribution in [3.63, 3.8) is 0 Å². The Kier molecular flexibility index (Phi) is 7.97. The molecule has 5 heterocycles. The lowest BCUT2D eigenvalue weighted by molar-refractivity contribution is -0.131. The smallest absolute Gasteiger partial charge is 0.226 e. The number of carbonyl (C=O) groups is 2. The number of methoxy groups -OCH3 is 2. The van der Waals surface area contributed by atoms with E-state index < -0.39 is 34.6 Å². The zero-order valence-corrected chi connectivity index (χ0v) is 27.3. The van der Waals surface area contributed by atoms with Crippen LogP contribution in [0.3, 0.4) is 0 Å². The summed E-state index contributed by atoms with van der Waals surface area (Å²) in [4.78, 5) is 40.9. The molecule has 0 aliphatic carbocycles. The van der Waals surface area contributed by atoms with E-state index in [9.17, 15) is 9.59 Å². The van der Waals surface area contributed by atoms with E-state index in [1.54, 1.807) is 28.3 Å². The second kappa shape index (κ2) is 11.2. The zero-order valence-electron chi connectivity index (χ0n) is 27.3. The minimum Gasteiger partial charge on any atom is -0.499 e. The van der Waals surface area contributed by atoms with Crippen LogP contribution < -0.4 is 26.6 Å². The average Bonchev–Trinajstić information content (AvgIpc) is 3.75. The van der Waals surface area contributed by atoms with Gasteiger partial charge in [0.15, 0.2) is 5.72 Å². The van der Waals surface area contributed by atoms with Crippen LogP contribution in [0, 0.1) is 17.8 Å². The third-order valence-corrected chi connectivity index (χ3v) is 9.95. The van der Waals surface area contributed by atoms with E-state index in [-0.39, 0.29) is 11.8 Å². The van der Waals surface area contributed by atoms with Gasteiger partial charge in [-0.3, -0.25) is 19.9 Å². The van der Waals surface area contributed by atoms with Crippen LogP contribution in [0.25, 0.3) is 12.2 Å². The van der Waals surface area contributed by atoms with Crippen LogP contribution in [0.5, 0.6) is 0 Å². The molecule has 0 saturated heterocycles. The van der Waals surface area contributed by atoms with Gasteiger partial charge in [0, 0.05) is 43.4 Å². The van der Waals surface area contributed by atoms with Crippen LogP contribution in [-0.4, -0.2) is 73.3 Å². The Morgan fingerprint density at radius 3 is 2.30 bits per heavy atom. The van der Waals surface area contributed by atoms with Gasteiger partial charge in [0.25, 0.3) is 0 Å². The maximum atomic E-state index is 13.7. The molecule has 6 atom stereocenters. The van der Waals surface area contributed by atoms with Crippen LogP contribution in [0.15, 0.2) is 68.5 Å². The monoisotopic (exact) mass is 600 g/mol. The molecule has 234 valence electrons. The van der Waals surface area contributed by atoms with Gasteiger partial charge in [-0.1, -0.05) is 13.8 Å². The molecule has 1 aromatic rings. The molecule has 10 heteroatoms. The third-order valence-electron chi connectivity index (χ3n) is 9.95. The molecule has 5 rings (SSSR count). The molecule has 0 spiro atoms. The number of rotatable bonds is 6. The molecule has 4 N–H and O–H groups in total. The zero-order chi connectivity index (χ0) is 32.2. The maximum absolute atomic E-state index is 13.7. The summed E-state index contributed by atoms with van der Waals surface area (Å²) in [5.74, 6) is -1.45. The Bertz CT molecular complexity index is 1720. The normalized spacial score (nSPS) is 33.3. The van der Waals surface area contributed by atoms with Gasteiger partial charge >= 0.3 is 0 Å². The molecule has 10 nitrogen and oxygen atoms in total. The number of hydrogen-bond donors (Lipinski definition) is 4. The van der Waals surface area contributed by atoms with E-state index in [4.69, 9.17) is 19.5 Å². The molecule has 1 aromatic heterocycles. The standard InChI is InChI=1S/C34H44N6O4/c1-18-27-16-25-12-11-23(37-25)15-24-13-14-26(38-24)17-32(6)29(43-9)20(3)34(40-32,44-10)22(5)33(39-27,21(4)31(42)36-8)28(18)19(2)30(41)35-7/h11-17,19,21-22,37,40H,1-10H3,(H,35,41)(H,36,42)/b23-15-,25-16-,26-17-. The van der Waals surface area contributed by atoms with Crippen molar-refractivity contribution >= 4 is 35.4 Å². The highest BCUT2D eigenvalue weighted by molar-refractivity contribution is 6.23. The molecule has 0 aromatic carbocycles. The highest BCUT2D eigenvalue weighted by Crippen LogP contribution is 2.55. The Hall–Kier alpha value is -4.02. The number of ether oxygens (including phenoxy) is 2. The van der Waals surface area contributed by atoms with Crippen molar-refractivity contribution in [1.82, 2.24) is 20.9 Å². The summed E-state index contributed by atoms with van der Waals surface area (Å²) in [5, 5.41) is 11.2. The van der Waals surface area contributed by atoms with E-state index in [1.165, 1.54) is 0 Å². The number of allylic oxidation sites excluding steroid dienone is 3. The Labute approximate surface area is 258 Å². The van der Waals surface area contributed by atoms with E-state index >= 15 is 0 Å². The number of carbonyl (C=O) groups excluding carboxylic acids is 2. The number of nitrogens with one attached hydrogen (secondary N) is 4. The van der Waals surface area contributed by atoms with Crippen LogP contribution in [0.1, 0.15) is 41.5 Å². The molecular formula is C34H44N6O4. The lowest BCUT2D eigenvalue weighted by atomic mass is 9.63. The topological polar surface area (TPSA) is 129 Å². The highest BCUT2D eigenvalue weighted by Gasteiger charge is 2.64. The van der Waals surface area contributed by atoms with Crippen LogP contribution in [-0.2, 0) is 19.1 Å². The maximum Gasteiger partial charge on any atom is 0.226 e. The number of amides is 2. The minimum atomic E-state index is -1.19. The van der Waals surface area contributed by atoms with Gasteiger partial charge in [0.1, 0.15) is 11.3 Å². The first kappa shape index (κ1) is 31.4.